The number of hydrogen-bond acceptors (Lipinski definition) is 3. The summed E-state index contributed by atoms with van der Waals surface area (Å²) in [7, 11) is 0. The Balaban J connectivity index is 0.00000300. The molecule has 0 aromatic heterocycles. The Morgan fingerprint density at radius 1 is 1.14 bits per heavy atom. The van der Waals surface area contributed by atoms with Gasteiger partial charge in [-0.3, -0.25) is 14.7 Å². The molecule has 1 heterocycles. The summed E-state index contributed by atoms with van der Waals surface area (Å²) in [6.45, 7) is 9.17. The smallest absolute Gasteiger partial charge is 0.223 e. The van der Waals surface area contributed by atoms with Crippen molar-refractivity contribution in [3.05, 3.63) is 42.0 Å². The number of nitrogens with one attached hydrogen (secondary N) is 2. The van der Waals surface area contributed by atoms with Crippen LogP contribution in [0.1, 0.15) is 25.3 Å². The molecule has 1 aliphatic heterocycles. The molecule has 1 amide bonds. The lowest BCUT2D eigenvalue weighted by Crippen LogP contribution is -2.52. The first-order valence-electron chi connectivity index (χ1n) is 10.5. The summed E-state index contributed by atoms with van der Waals surface area (Å²) in [5, 5.41) is 6.37. The molecule has 1 saturated heterocycles. The van der Waals surface area contributed by atoms with Crippen LogP contribution in [0.2, 0.25) is 0 Å². The van der Waals surface area contributed by atoms with Crippen LogP contribution >= 0.6 is 24.0 Å². The molecule has 0 unspecified atom stereocenters. The van der Waals surface area contributed by atoms with Crippen molar-refractivity contribution >= 4 is 41.9 Å². The minimum Gasteiger partial charge on any atom is -0.357 e. The van der Waals surface area contributed by atoms with Gasteiger partial charge in [-0.1, -0.05) is 42.5 Å². The molecule has 0 atom stereocenters. The second-order valence-corrected chi connectivity index (χ2v) is 7.40. The van der Waals surface area contributed by atoms with Gasteiger partial charge in [0.25, 0.3) is 0 Å². The molecule has 7 heteroatoms. The first-order valence-corrected chi connectivity index (χ1v) is 10.5. The number of guanidine groups is 1. The van der Waals surface area contributed by atoms with Crippen molar-refractivity contribution in [2.75, 3.05) is 52.4 Å². The van der Waals surface area contributed by atoms with E-state index in [2.05, 4.69) is 63.8 Å². The number of nitrogens with zero attached hydrogens (tertiary/aromatic N) is 3. The average molecular weight is 511 g/mol. The zero-order valence-electron chi connectivity index (χ0n) is 17.3. The Morgan fingerprint density at radius 2 is 1.86 bits per heavy atom. The average Bonchev–Trinajstić information content (AvgIpc) is 3.57. The number of carbonyl (C=O) groups is 1. The van der Waals surface area contributed by atoms with Crippen LogP contribution in [0.15, 0.2) is 41.4 Å². The summed E-state index contributed by atoms with van der Waals surface area (Å²) in [4.78, 5) is 21.2. The van der Waals surface area contributed by atoms with Gasteiger partial charge in [0.2, 0.25) is 5.91 Å². The van der Waals surface area contributed by atoms with E-state index in [0.29, 0.717) is 13.1 Å². The molecule has 29 heavy (non-hydrogen) atoms. The standard InChI is InChI=1S/C22H33N5O.HI/c1-2-23-22(25-13-12-24-21(28)20-10-11-20)27-17-15-26(16-18-27)14-6-9-19-7-4-3-5-8-19;/h3-9,20H,2,10-18H2,1H3,(H,23,25)(H,24,28);1H. The third-order valence-electron chi connectivity index (χ3n) is 5.10. The van der Waals surface area contributed by atoms with E-state index in [1.165, 1.54) is 5.56 Å². The molecule has 3 rings (SSSR count). The quantitative estimate of drug-likeness (QED) is 0.244. The predicted octanol–water partition coefficient (Wildman–Crippen LogP) is 2.43. The number of halogens is 1. The van der Waals surface area contributed by atoms with Gasteiger partial charge in [-0.15, -0.1) is 24.0 Å². The highest BCUT2D eigenvalue weighted by Gasteiger charge is 2.29. The normalized spacial score (nSPS) is 17.8. The summed E-state index contributed by atoms with van der Waals surface area (Å²) in [5.74, 6) is 1.42. The molecule has 1 aromatic carbocycles. The molecular weight excluding hydrogens is 477 g/mol. The maximum atomic E-state index is 11.7. The fourth-order valence-electron chi connectivity index (χ4n) is 3.30. The molecule has 2 N–H and O–H groups in total. The maximum absolute atomic E-state index is 11.7. The van der Waals surface area contributed by atoms with E-state index in [0.717, 1.165) is 58.1 Å². The number of piperazine rings is 1. The van der Waals surface area contributed by atoms with Crippen molar-refractivity contribution in [3.8, 4) is 0 Å². The summed E-state index contributed by atoms with van der Waals surface area (Å²) in [5.41, 5.74) is 1.25. The van der Waals surface area contributed by atoms with Crippen LogP contribution in [0.3, 0.4) is 0 Å². The Hall–Kier alpha value is -1.61. The first-order chi connectivity index (χ1) is 13.8. The Bertz CT molecular complexity index is 667. The lowest BCUT2D eigenvalue weighted by molar-refractivity contribution is -0.122. The number of carbonyl (C=O) groups excluding carboxylic acids is 1. The molecule has 1 aromatic rings. The second kappa shape index (κ2) is 12.8. The Kier molecular flexibility index (Phi) is 10.5. The van der Waals surface area contributed by atoms with Crippen molar-refractivity contribution in [3.63, 3.8) is 0 Å². The van der Waals surface area contributed by atoms with Crippen LogP contribution in [-0.4, -0.2) is 74.0 Å². The molecule has 1 saturated carbocycles. The van der Waals surface area contributed by atoms with Gasteiger partial charge in [0, 0.05) is 51.7 Å². The zero-order valence-corrected chi connectivity index (χ0v) is 19.7. The Morgan fingerprint density at radius 3 is 2.52 bits per heavy atom. The summed E-state index contributed by atoms with van der Waals surface area (Å²) >= 11 is 0. The summed E-state index contributed by atoms with van der Waals surface area (Å²) in [6.07, 6.45) is 6.52. The number of rotatable bonds is 8. The third-order valence-corrected chi connectivity index (χ3v) is 5.10. The highest BCUT2D eigenvalue weighted by Crippen LogP contribution is 2.28. The van der Waals surface area contributed by atoms with Crippen molar-refractivity contribution in [1.82, 2.24) is 20.4 Å². The van der Waals surface area contributed by atoms with Crippen LogP contribution in [0.25, 0.3) is 6.08 Å². The second-order valence-electron chi connectivity index (χ2n) is 7.40. The predicted molar refractivity (Wildman–Crippen MR) is 131 cm³/mol. The van der Waals surface area contributed by atoms with Crippen LogP contribution in [0.4, 0.5) is 0 Å². The fraction of sp³-hybridized carbons (Fsp3) is 0.545. The highest BCUT2D eigenvalue weighted by molar-refractivity contribution is 14.0. The molecule has 0 bridgehead atoms. The van der Waals surface area contributed by atoms with Gasteiger partial charge in [-0.2, -0.15) is 0 Å². The molecule has 0 radical (unpaired) electrons. The molecule has 6 nitrogen and oxygen atoms in total. The van der Waals surface area contributed by atoms with Crippen LogP contribution in [0.5, 0.6) is 0 Å². The van der Waals surface area contributed by atoms with Gasteiger partial charge >= 0.3 is 0 Å². The monoisotopic (exact) mass is 511 g/mol. The first kappa shape index (κ1) is 23.7. The van der Waals surface area contributed by atoms with Crippen molar-refractivity contribution in [2.24, 2.45) is 10.9 Å². The van der Waals surface area contributed by atoms with E-state index in [1.54, 1.807) is 0 Å². The number of aliphatic imine (C=N–C) groups is 1. The van der Waals surface area contributed by atoms with Crippen molar-refractivity contribution in [2.45, 2.75) is 19.8 Å². The van der Waals surface area contributed by atoms with Crippen molar-refractivity contribution < 1.29 is 4.79 Å². The van der Waals surface area contributed by atoms with Gasteiger partial charge in [-0.25, -0.2) is 0 Å². The molecular formula is C22H34IN5O. The van der Waals surface area contributed by atoms with Crippen LogP contribution in [0, 0.1) is 5.92 Å². The van der Waals surface area contributed by atoms with E-state index in [4.69, 9.17) is 4.99 Å². The van der Waals surface area contributed by atoms with Crippen molar-refractivity contribution in [1.29, 1.82) is 0 Å². The van der Waals surface area contributed by atoms with E-state index in [9.17, 15) is 4.79 Å². The van der Waals surface area contributed by atoms with Gasteiger partial charge < -0.3 is 15.5 Å². The fourth-order valence-corrected chi connectivity index (χ4v) is 3.30. The molecule has 2 fully saturated rings. The van der Waals surface area contributed by atoms with Crippen LogP contribution in [-0.2, 0) is 4.79 Å². The molecule has 1 aliphatic carbocycles. The third kappa shape index (κ3) is 8.34. The molecule has 0 spiro atoms. The number of amides is 1. The van der Waals surface area contributed by atoms with Gasteiger partial charge in [0.1, 0.15) is 0 Å². The lowest BCUT2D eigenvalue weighted by atomic mass is 10.2. The van der Waals surface area contributed by atoms with E-state index in [1.807, 2.05) is 6.07 Å². The number of hydrogen-bond donors (Lipinski definition) is 2. The molecule has 2 aliphatic rings. The summed E-state index contributed by atoms with van der Waals surface area (Å²) in [6, 6.07) is 10.4. The molecule has 160 valence electrons. The van der Waals surface area contributed by atoms with E-state index >= 15 is 0 Å². The number of benzene rings is 1. The lowest BCUT2D eigenvalue weighted by Gasteiger charge is -2.36. The highest BCUT2D eigenvalue weighted by atomic mass is 127. The van der Waals surface area contributed by atoms with E-state index < -0.39 is 0 Å². The largest absolute Gasteiger partial charge is 0.357 e. The van der Waals surface area contributed by atoms with E-state index in [-0.39, 0.29) is 35.8 Å². The minimum atomic E-state index is 0. The SMILES string of the molecule is CCNC(=NCCNC(=O)C1CC1)N1CCN(CC=Cc2ccccc2)CC1.I. The minimum absolute atomic E-state index is 0. The topological polar surface area (TPSA) is 60.0 Å². The maximum Gasteiger partial charge on any atom is 0.223 e. The van der Waals surface area contributed by atoms with Gasteiger partial charge in [0.15, 0.2) is 5.96 Å². The van der Waals surface area contributed by atoms with Crippen LogP contribution < -0.4 is 10.6 Å². The zero-order chi connectivity index (χ0) is 19.6. The Labute approximate surface area is 191 Å². The van der Waals surface area contributed by atoms with Gasteiger partial charge in [-0.05, 0) is 25.3 Å². The summed E-state index contributed by atoms with van der Waals surface area (Å²) < 4.78 is 0. The van der Waals surface area contributed by atoms with Gasteiger partial charge in [0.05, 0.1) is 6.54 Å².